The van der Waals surface area contributed by atoms with Gasteiger partial charge in [-0.05, 0) is 25.1 Å². The standard InChI is InChI=1S/C15H16N2O4/c1-9(18)11-6-12(14(19)7-13(11)16)15(20)17(2)8-10-4-3-5-21-10/h3-7,19H,8,16H2,1-2H3. The van der Waals surface area contributed by atoms with Crippen LogP contribution in [0.2, 0.25) is 0 Å². The summed E-state index contributed by atoms with van der Waals surface area (Å²) in [5, 5.41) is 9.88. The largest absolute Gasteiger partial charge is 0.507 e. The number of hydrogen-bond donors (Lipinski definition) is 2. The van der Waals surface area contributed by atoms with Crippen molar-refractivity contribution in [1.82, 2.24) is 4.90 Å². The van der Waals surface area contributed by atoms with E-state index in [1.165, 1.54) is 30.2 Å². The molecule has 1 heterocycles. The highest BCUT2D eigenvalue weighted by molar-refractivity contribution is 6.04. The Hall–Kier alpha value is -2.76. The predicted molar refractivity (Wildman–Crippen MR) is 77.0 cm³/mol. The first-order valence-corrected chi connectivity index (χ1v) is 6.31. The number of Topliss-reactive ketones (excluding diaryl/α,β-unsaturated/α-hetero) is 1. The first-order valence-electron chi connectivity index (χ1n) is 6.31. The molecule has 1 aromatic carbocycles. The Balaban J connectivity index is 2.30. The normalized spacial score (nSPS) is 10.4. The van der Waals surface area contributed by atoms with Crippen LogP contribution in [0.25, 0.3) is 0 Å². The quantitative estimate of drug-likeness (QED) is 0.663. The minimum absolute atomic E-state index is 0.0310. The Morgan fingerprint density at radius 3 is 2.62 bits per heavy atom. The second kappa shape index (κ2) is 5.70. The van der Waals surface area contributed by atoms with Crippen molar-refractivity contribution in [3.63, 3.8) is 0 Å². The molecule has 0 aliphatic rings. The first kappa shape index (κ1) is 14.6. The maximum Gasteiger partial charge on any atom is 0.257 e. The molecule has 0 aliphatic carbocycles. The summed E-state index contributed by atoms with van der Waals surface area (Å²) in [7, 11) is 1.58. The number of phenolic OH excluding ortho intramolecular Hbond substituents is 1. The number of benzene rings is 1. The lowest BCUT2D eigenvalue weighted by Gasteiger charge is -2.17. The van der Waals surface area contributed by atoms with E-state index >= 15 is 0 Å². The summed E-state index contributed by atoms with van der Waals surface area (Å²) in [4.78, 5) is 25.2. The van der Waals surface area contributed by atoms with Gasteiger partial charge in [0, 0.05) is 24.4 Å². The molecule has 1 amide bonds. The van der Waals surface area contributed by atoms with E-state index in [2.05, 4.69) is 0 Å². The molecule has 2 aromatic rings. The van der Waals surface area contributed by atoms with Crippen molar-refractivity contribution in [2.24, 2.45) is 0 Å². The Bertz CT molecular complexity index is 677. The van der Waals surface area contributed by atoms with E-state index in [0.29, 0.717) is 5.76 Å². The molecule has 21 heavy (non-hydrogen) atoms. The molecule has 0 radical (unpaired) electrons. The number of carbonyl (C=O) groups excluding carboxylic acids is 2. The van der Waals surface area contributed by atoms with E-state index in [-0.39, 0.29) is 34.9 Å². The van der Waals surface area contributed by atoms with E-state index in [9.17, 15) is 14.7 Å². The molecule has 3 N–H and O–H groups in total. The van der Waals surface area contributed by atoms with Crippen LogP contribution in [-0.4, -0.2) is 28.7 Å². The van der Waals surface area contributed by atoms with Crippen LogP contribution in [0.3, 0.4) is 0 Å². The van der Waals surface area contributed by atoms with Crippen molar-refractivity contribution >= 4 is 17.4 Å². The first-order chi connectivity index (χ1) is 9.90. The topological polar surface area (TPSA) is 96.8 Å². The lowest BCUT2D eigenvalue weighted by Crippen LogP contribution is -2.26. The van der Waals surface area contributed by atoms with Crippen LogP contribution in [0.1, 0.15) is 33.4 Å². The average molecular weight is 288 g/mol. The van der Waals surface area contributed by atoms with Crippen LogP contribution < -0.4 is 5.73 Å². The summed E-state index contributed by atoms with van der Waals surface area (Å²) >= 11 is 0. The van der Waals surface area contributed by atoms with Crippen molar-refractivity contribution in [2.45, 2.75) is 13.5 Å². The average Bonchev–Trinajstić information content (AvgIpc) is 2.90. The van der Waals surface area contributed by atoms with E-state index in [1.54, 1.807) is 19.2 Å². The van der Waals surface area contributed by atoms with Crippen molar-refractivity contribution in [1.29, 1.82) is 0 Å². The zero-order valence-corrected chi connectivity index (χ0v) is 11.8. The van der Waals surface area contributed by atoms with Gasteiger partial charge in [-0.1, -0.05) is 0 Å². The number of aromatic hydroxyl groups is 1. The summed E-state index contributed by atoms with van der Waals surface area (Å²) in [6.07, 6.45) is 1.52. The smallest absolute Gasteiger partial charge is 0.257 e. The Morgan fingerprint density at radius 2 is 2.05 bits per heavy atom. The number of rotatable bonds is 4. The highest BCUT2D eigenvalue weighted by Crippen LogP contribution is 2.26. The lowest BCUT2D eigenvalue weighted by atomic mass is 10.0. The molecule has 0 saturated heterocycles. The molecule has 0 unspecified atom stereocenters. The minimum Gasteiger partial charge on any atom is -0.507 e. The second-order valence-electron chi connectivity index (χ2n) is 4.75. The van der Waals surface area contributed by atoms with Crippen LogP contribution in [0, 0.1) is 0 Å². The van der Waals surface area contributed by atoms with Crippen molar-refractivity contribution in [2.75, 3.05) is 12.8 Å². The second-order valence-corrected chi connectivity index (χ2v) is 4.75. The van der Waals surface area contributed by atoms with Gasteiger partial charge in [-0.3, -0.25) is 9.59 Å². The summed E-state index contributed by atoms with van der Waals surface area (Å²) in [5.41, 5.74) is 6.04. The Labute approximate surface area is 121 Å². The van der Waals surface area contributed by atoms with Gasteiger partial charge in [-0.2, -0.15) is 0 Å². The monoisotopic (exact) mass is 288 g/mol. The number of nitrogens with two attached hydrogens (primary N) is 1. The molecule has 0 bridgehead atoms. The number of ketones is 1. The summed E-state index contributed by atoms with van der Waals surface area (Å²) in [5.74, 6) is -0.331. The van der Waals surface area contributed by atoms with Crippen LogP contribution >= 0.6 is 0 Å². The number of nitrogens with zero attached hydrogens (tertiary/aromatic N) is 1. The molecular weight excluding hydrogens is 272 g/mol. The number of anilines is 1. The highest BCUT2D eigenvalue weighted by atomic mass is 16.3. The van der Waals surface area contributed by atoms with Crippen LogP contribution in [0.4, 0.5) is 5.69 Å². The van der Waals surface area contributed by atoms with Crippen LogP contribution in [-0.2, 0) is 6.54 Å². The van der Waals surface area contributed by atoms with Gasteiger partial charge in [0.1, 0.15) is 11.5 Å². The van der Waals surface area contributed by atoms with E-state index in [4.69, 9.17) is 10.2 Å². The number of carbonyl (C=O) groups is 2. The maximum absolute atomic E-state index is 12.3. The van der Waals surface area contributed by atoms with Crippen LogP contribution in [0.5, 0.6) is 5.75 Å². The molecular formula is C15H16N2O4. The van der Waals surface area contributed by atoms with E-state index in [0.717, 1.165) is 0 Å². The van der Waals surface area contributed by atoms with Gasteiger partial charge >= 0.3 is 0 Å². The Kier molecular flexibility index (Phi) is 3.98. The van der Waals surface area contributed by atoms with E-state index in [1.807, 2.05) is 0 Å². The van der Waals surface area contributed by atoms with E-state index < -0.39 is 5.91 Å². The molecule has 0 saturated carbocycles. The molecule has 2 rings (SSSR count). The third-order valence-corrected chi connectivity index (χ3v) is 3.10. The predicted octanol–water partition coefficient (Wildman–Crippen LogP) is 2.04. The fourth-order valence-electron chi connectivity index (χ4n) is 1.99. The third kappa shape index (κ3) is 3.05. The molecule has 0 spiro atoms. The molecule has 110 valence electrons. The lowest BCUT2D eigenvalue weighted by molar-refractivity contribution is 0.0772. The van der Waals surface area contributed by atoms with Gasteiger partial charge in [0.2, 0.25) is 0 Å². The number of furan rings is 1. The van der Waals surface area contributed by atoms with Crippen LogP contribution in [0.15, 0.2) is 34.9 Å². The minimum atomic E-state index is -0.425. The zero-order chi connectivity index (χ0) is 15.6. The van der Waals surface area contributed by atoms with Gasteiger partial charge in [-0.15, -0.1) is 0 Å². The molecule has 6 nitrogen and oxygen atoms in total. The third-order valence-electron chi connectivity index (χ3n) is 3.10. The van der Waals surface area contributed by atoms with Gasteiger partial charge in [0.15, 0.2) is 5.78 Å². The van der Waals surface area contributed by atoms with Crippen molar-refractivity contribution in [3.05, 3.63) is 47.4 Å². The van der Waals surface area contributed by atoms with Gasteiger partial charge in [0.05, 0.1) is 18.4 Å². The fraction of sp³-hybridized carbons (Fsp3) is 0.200. The molecule has 1 aromatic heterocycles. The van der Waals surface area contributed by atoms with Crippen molar-refractivity contribution < 1.29 is 19.1 Å². The highest BCUT2D eigenvalue weighted by Gasteiger charge is 2.20. The molecule has 6 heteroatoms. The maximum atomic E-state index is 12.3. The van der Waals surface area contributed by atoms with Crippen molar-refractivity contribution in [3.8, 4) is 5.75 Å². The van der Waals surface area contributed by atoms with Gasteiger partial charge in [-0.25, -0.2) is 0 Å². The number of phenols is 1. The molecule has 0 fully saturated rings. The summed E-state index contributed by atoms with van der Waals surface area (Å²) < 4.78 is 5.17. The van der Waals surface area contributed by atoms with Gasteiger partial charge < -0.3 is 20.2 Å². The number of nitrogen functional groups attached to an aromatic ring is 1. The number of amides is 1. The molecule has 0 atom stereocenters. The summed E-state index contributed by atoms with van der Waals surface area (Å²) in [6, 6.07) is 5.99. The number of hydrogen-bond acceptors (Lipinski definition) is 5. The molecule has 0 aliphatic heterocycles. The zero-order valence-electron chi connectivity index (χ0n) is 11.8. The summed E-state index contributed by atoms with van der Waals surface area (Å²) in [6.45, 7) is 1.61. The fourth-order valence-corrected chi connectivity index (χ4v) is 1.99. The Morgan fingerprint density at radius 1 is 1.33 bits per heavy atom. The SMILES string of the molecule is CC(=O)c1cc(C(=O)N(C)Cc2ccco2)c(O)cc1N. The van der Waals surface area contributed by atoms with Gasteiger partial charge in [0.25, 0.3) is 5.91 Å².